The minimum absolute atomic E-state index is 0.0375. The Morgan fingerprint density at radius 3 is 2.50 bits per heavy atom. The van der Waals surface area contributed by atoms with Crippen molar-refractivity contribution in [2.45, 2.75) is 70.6 Å². The van der Waals surface area contributed by atoms with Crippen LogP contribution in [0.3, 0.4) is 0 Å². The summed E-state index contributed by atoms with van der Waals surface area (Å²) in [6.07, 6.45) is -0.0936. The van der Waals surface area contributed by atoms with Crippen molar-refractivity contribution < 1.29 is 49.4 Å². The summed E-state index contributed by atoms with van der Waals surface area (Å²) in [5.74, 6) is -1.99. The molecule has 1 aliphatic heterocycles. The number of hydrogen-bond acceptors (Lipinski definition) is 11. The molecule has 0 bridgehead atoms. The van der Waals surface area contributed by atoms with E-state index in [0.29, 0.717) is 0 Å². The first kappa shape index (κ1) is 32.9. The van der Waals surface area contributed by atoms with Gasteiger partial charge in [-0.1, -0.05) is 18.2 Å². The molecule has 0 spiro atoms. The van der Waals surface area contributed by atoms with Gasteiger partial charge in [0.1, 0.15) is 29.1 Å². The third-order valence-corrected chi connectivity index (χ3v) is 5.75. The molecule has 0 saturated carbocycles. The van der Waals surface area contributed by atoms with Crippen molar-refractivity contribution in [1.82, 2.24) is 5.32 Å². The van der Waals surface area contributed by atoms with Crippen LogP contribution in [0.2, 0.25) is 0 Å². The van der Waals surface area contributed by atoms with Crippen LogP contribution in [0.1, 0.15) is 56.5 Å². The molecular weight excluding hydrogens is 524 g/mol. The second-order valence-corrected chi connectivity index (χ2v) is 10.5. The highest BCUT2D eigenvalue weighted by atomic mass is 16.6. The fraction of sp³-hybridized carbons (Fsp3) is 0.536. The molecule has 1 heterocycles. The van der Waals surface area contributed by atoms with Gasteiger partial charge in [0.2, 0.25) is 0 Å². The minimum atomic E-state index is -1.65. The number of anilines is 1. The Bertz CT molecular complexity index is 1100. The third kappa shape index (κ3) is 10.0. The molecule has 0 aliphatic carbocycles. The van der Waals surface area contributed by atoms with Crippen LogP contribution in [0.25, 0.3) is 6.08 Å². The topological polar surface area (TPSA) is 186 Å². The molecule has 12 heteroatoms. The van der Waals surface area contributed by atoms with Gasteiger partial charge in [-0.25, -0.2) is 9.59 Å². The highest BCUT2D eigenvalue weighted by Gasteiger charge is 2.27. The van der Waals surface area contributed by atoms with E-state index in [1.807, 2.05) is 0 Å². The maximum absolute atomic E-state index is 13.1. The molecule has 1 aromatic rings. The maximum atomic E-state index is 13.1. The molecule has 0 radical (unpaired) electrons. The Hall–Kier alpha value is -3.29. The average Bonchev–Trinajstić information content (AvgIpc) is 2.85. The number of ether oxygens (including phenoxy) is 2. The molecule has 1 amide bonds. The zero-order valence-electron chi connectivity index (χ0n) is 23.2. The number of carbonyl (C=O) groups excluding carboxylic acids is 3. The van der Waals surface area contributed by atoms with Crippen molar-refractivity contribution in [2.24, 2.45) is 0 Å². The molecule has 222 valence electrons. The van der Waals surface area contributed by atoms with Crippen LogP contribution < -0.4 is 10.2 Å². The van der Waals surface area contributed by atoms with Gasteiger partial charge >= 0.3 is 12.1 Å². The molecule has 0 fully saturated rings. The number of phenolic OH excluding ortho intramolecular Hbond substituents is 1. The van der Waals surface area contributed by atoms with Crippen molar-refractivity contribution in [3.63, 3.8) is 0 Å². The lowest BCUT2D eigenvalue weighted by Crippen LogP contribution is -2.42. The second-order valence-electron chi connectivity index (χ2n) is 10.5. The van der Waals surface area contributed by atoms with Gasteiger partial charge in [-0.3, -0.25) is 9.69 Å². The summed E-state index contributed by atoms with van der Waals surface area (Å²) in [6, 6.07) is 2.69. The van der Waals surface area contributed by atoms with Crippen LogP contribution in [0.4, 0.5) is 10.5 Å². The first-order chi connectivity index (χ1) is 18.7. The monoisotopic (exact) mass is 564 g/mol. The van der Waals surface area contributed by atoms with E-state index in [1.54, 1.807) is 27.7 Å². The number of aliphatic hydroxyl groups is 4. The normalized spacial score (nSPS) is 22.9. The van der Waals surface area contributed by atoms with Gasteiger partial charge in [0, 0.05) is 32.1 Å². The molecule has 40 heavy (non-hydrogen) atoms. The number of benzene rings is 1. The highest BCUT2D eigenvalue weighted by Crippen LogP contribution is 2.32. The number of nitrogens with zero attached hydrogens (tertiary/aromatic N) is 1. The van der Waals surface area contributed by atoms with Gasteiger partial charge < -0.3 is 40.3 Å². The lowest BCUT2D eigenvalue weighted by molar-refractivity contribution is -0.127. The van der Waals surface area contributed by atoms with E-state index >= 15 is 0 Å². The largest absolute Gasteiger partial charge is 0.507 e. The van der Waals surface area contributed by atoms with Gasteiger partial charge in [-0.15, -0.1) is 0 Å². The van der Waals surface area contributed by atoms with Crippen LogP contribution >= 0.6 is 0 Å². The Morgan fingerprint density at radius 1 is 1.18 bits per heavy atom. The van der Waals surface area contributed by atoms with Crippen LogP contribution in [0, 0.1) is 0 Å². The minimum Gasteiger partial charge on any atom is -0.507 e. The third-order valence-electron chi connectivity index (χ3n) is 5.75. The molecule has 0 saturated heterocycles. The Morgan fingerprint density at radius 2 is 1.85 bits per heavy atom. The van der Waals surface area contributed by atoms with Crippen LogP contribution in [-0.4, -0.2) is 99.6 Å². The van der Waals surface area contributed by atoms with E-state index in [2.05, 4.69) is 5.32 Å². The SMILES string of the molecule is C[C@H]1C/C=C\C(=O)[C@@H](O)[C@@H](O)C/C=C/c2cc(N(CCNCC(O)CO)C(=O)OC(C)(C)C)cc(O)c2C(=O)O1. The number of amides is 1. The number of carbonyl (C=O) groups is 3. The van der Waals surface area contributed by atoms with Gasteiger partial charge in [0.05, 0.1) is 24.5 Å². The predicted octanol–water partition coefficient (Wildman–Crippen LogP) is 1.28. The van der Waals surface area contributed by atoms with E-state index < -0.39 is 60.2 Å². The van der Waals surface area contributed by atoms with Crippen LogP contribution in [0.15, 0.2) is 30.4 Å². The molecular formula is C28H40N2O10. The van der Waals surface area contributed by atoms with E-state index in [9.17, 15) is 34.8 Å². The lowest BCUT2D eigenvalue weighted by Gasteiger charge is -2.28. The van der Waals surface area contributed by atoms with E-state index in [4.69, 9.17) is 14.6 Å². The zero-order valence-corrected chi connectivity index (χ0v) is 23.2. The quantitative estimate of drug-likeness (QED) is 0.207. The van der Waals surface area contributed by atoms with E-state index in [0.717, 1.165) is 6.08 Å². The number of nitrogens with one attached hydrogen (secondary N) is 1. The molecule has 0 aromatic heterocycles. The number of phenols is 1. The molecule has 6 N–H and O–H groups in total. The van der Waals surface area contributed by atoms with Gasteiger partial charge in [-0.2, -0.15) is 0 Å². The highest BCUT2D eigenvalue weighted by molar-refractivity contribution is 5.99. The summed E-state index contributed by atoms with van der Waals surface area (Å²) >= 11 is 0. The van der Waals surface area contributed by atoms with Crippen molar-refractivity contribution in [1.29, 1.82) is 0 Å². The van der Waals surface area contributed by atoms with Gasteiger partial charge in [-0.05, 0) is 51.8 Å². The van der Waals surface area contributed by atoms with Gasteiger partial charge in [0.15, 0.2) is 5.78 Å². The average molecular weight is 565 g/mol. The summed E-state index contributed by atoms with van der Waals surface area (Å²) in [5, 5.41) is 52.8. The van der Waals surface area contributed by atoms with Crippen molar-refractivity contribution >= 4 is 29.6 Å². The first-order valence-corrected chi connectivity index (χ1v) is 13.0. The smallest absolute Gasteiger partial charge is 0.414 e. The molecule has 4 atom stereocenters. The molecule has 1 unspecified atom stereocenters. The van der Waals surface area contributed by atoms with Gasteiger partial charge in [0.25, 0.3) is 0 Å². The molecule has 1 aromatic carbocycles. The fourth-order valence-corrected chi connectivity index (χ4v) is 3.73. The van der Waals surface area contributed by atoms with E-state index in [-0.39, 0.29) is 49.3 Å². The standard InChI is InChI=1S/C28H40N2O10/c1-17-7-5-9-21(33)25(36)22(34)10-6-8-18-13-19(14-23(35)24(18)26(37)39-17)30(27(38)40-28(2,3)4)12-11-29-15-20(32)16-31/h5-6,8-9,13-14,17,20,22,25,29,31-32,34-36H,7,10-12,15-16H2,1-4H3/b8-6+,9-5-/t17-,20?,22-,25+/m0/s1. The summed E-state index contributed by atoms with van der Waals surface area (Å²) in [4.78, 5) is 39.5. The number of aromatic hydroxyl groups is 1. The number of aliphatic hydroxyl groups excluding tert-OH is 4. The van der Waals surface area contributed by atoms with Crippen molar-refractivity contribution in [3.8, 4) is 5.75 Å². The van der Waals surface area contributed by atoms with E-state index in [1.165, 1.54) is 35.3 Å². The molecule has 2 rings (SSSR count). The number of rotatable bonds is 7. The Balaban J connectivity index is 2.51. The molecule has 12 nitrogen and oxygen atoms in total. The zero-order chi connectivity index (χ0) is 30.0. The Kier molecular flexibility index (Phi) is 12.3. The Labute approximate surface area is 233 Å². The molecule has 1 aliphatic rings. The first-order valence-electron chi connectivity index (χ1n) is 13.0. The predicted molar refractivity (Wildman–Crippen MR) is 147 cm³/mol. The number of fused-ring (bicyclic) bond motifs is 1. The van der Waals surface area contributed by atoms with Crippen molar-refractivity contribution in [2.75, 3.05) is 31.1 Å². The number of ketones is 1. The summed E-state index contributed by atoms with van der Waals surface area (Å²) < 4.78 is 11.0. The number of cyclic esters (lactones) is 1. The second kappa shape index (κ2) is 14.9. The summed E-state index contributed by atoms with van der Waals surface area (Å²) in [7, 11) is 0. The summed E-state index contributed by atoms with van der Waals surface area (Å²) in [5.41, 5.74) is -0.674. The maximum Gasteiger partial charge on any atom is 0.414 e. The summed E-state index contributed by atoms with van der Waals surface area (Å²) in [6.45, 7) is 6.55. The van der Waals surface area contributed by atoms with Crippen LogP contribution in [-0.2, 0) is 14.3 Å². The fourth-order valence-electron chi connectivity index (χ4n) is 3.73. The van der Waals surface area contributed by atoms with Crippen LogP contribution in [0.5, 0.6) is 5.75 Å². The number of esters is 1. The lowest BCUT2D eigenvalue weighted by atomic mass is 10.0. The number of hydrogen-bond donors (Lipinski definition) is 6. The van der Waals surface area contributed by atoms with Crippen molar-refractivity contribution in [3.05, 3.63) is 41.5 Å².